The van der Waals surface area contributed by atoms with Crippen molar-refractivity contribution in [2.75, 3.05) is 26.4 Å². The zero-order valence-electron chi connectivity index (χ0n) is 32.8. The molecule has 1 aromatic heterocycles. The molecule has 5 N–H and O–H groups in total. The van der Waals surface area contributed by atoms with Gasteiger partial charge in [0.05, 0.1) is 12.0 Å². The molecule has 1 saturated heterocycles. The molecular formula is C39H60N6O7S. The molecule has 0 bridgehead atoms. The fraction of sp³-hybridized carbons (Fsp3) is 0.641. The molecule has 3 rings (SSSR count). The second kappa shape index (κ2) is 19.9. The van der Waals surface area contributed by atoms with Crippen LogP contribution in [0.3, 0.4) is 0 Å². The number of carbonyl (C=O) groups excluding carboxylic acids is 4. The Morgan fingerprint density at radius 2 is 1.75 bits per heavy atom. The summed E-state index contributed by atoms with van der Waals surface area (Å²) < 4.78 is 5.77. The number of nitrogens with two attached hydrogens (primary N) is 1. The summed E-state index contributed by atoms with van der Waals surface area (Å²) in [6.45, 7) is 13.8. The van der Waals surface area contributed by atoms with Crippen LogP contribution < -0.4 is 16.4 Å². The molecule has 14 heteroatoms. The SMILES string of the molecule is CC[C@H](C)[C@H](NC(=O)[C@H]1C[C@H](C)CCN1C)C(=O)N(C)[C@H](C[C@@H](OC(C)=O)c1nc(C(=O)N[C@@H](Cc2ccc(N)cc2)C[C@H](C)C(=O)O)cs1)C(C)C. The van der Waals surface area contributed by atoms with Crippen LogP contribution in [0.25, 0.3) is 0 Å². The number of nitrogens with one attached hydrogen (secondary N) is 2. The number of carboxylic acids is 1. The van der Waals surface area contributed by atoms with E-state index in [9.17, 15) is 29.1 Å². The van der Waals surface area contributed by atoms with E-state index < -0.39 is 48.0 Å². The molecule has 2 aromatic rings. The van der Waals surface area contributed by atoms with Crippen LogP contribution >= 0.6 is 11.3 Å². The Hall–Kier alpha value is -4.04. The van der Waals surface area contributed by atoms with E-state index in [0.29, 0.717) is 29.5 Å². The van der Waals surface area contributed by atoms with Crippen molar-refractivity contribution in [2.24, 2.45) is 23.7 Å². The van der Waals surface area contributed by atoms with Crippen molar-refractivity contribution in [3.63, 3.8) is 0 Å². The first-order chi connectivity index (χ1) is 24.9. The average Bonchev–Trinajstić information content (AvgIpc) is 3.60. The largest absolute Gasteiger partial charge is 0.481 e. The van der Waals surface area contributed by atoms with Crippen molar-refractivity contribution in [3.05, 3.63) is 45.9 Å². The molecule has 0 unspecified atom stereocenters. The lowest BCUT2D eigenvalue weighted by Crippen LogP contribution is -2.58. The van der Waals surface area contributed by atoms with Crippen LogP contribution in [0.5, 0.6) is 0 Å². The number of piperidine rings is 1. The van der Waals surface area contributed by atoms with Gasteiger partial charge in [0.2, 0.25) is 11.8 Å². The topological polar surface area (TPSA) is 184 Å². The van der Waals surface area contributed by atoms with Gasteiger partial charge in [0.1, 0.15) is 16.7 Å². The lowest BCUT2D eigenvalue weighted by atomic mass is 9.90. The summed E-state index contributed by atoms with van der Waals surface area (Å²) in [4.78, 5) is 73.6. The van der Waals surface area contributed by atoms with Gasteiger partial charge in [-0.3, -0.25) is 28.9 Å². The van der Waals surface area contributed by atoms with Crippen LogP contribution in [0, 0.1) is 23.7 Å². The Labute approximate surface area is 318 Å². The molecule has 13 nitrogen and oxygen atoms in total. The molecule has 0 spiro atoms. The number of amides is 3. The summed E-state index contributed by atoms with van der Waals surface area (Å²) in [5.41, 5.74) is 7.43. The summed E-state index contributed by atoms with van der Waals surface area (Å²) >= 11 is 1.17. The summed E-state index contributed by atoms with van der Waals surface area (Å²) in [6, 6.07) is 5.23. The third kappa shape index (κ3) is 12.5. The van der Waals surface area contributed by atoms with E-state index in [2.05, 4.69) is 27.4 Å². The summed E-state index contributed by atoms with van der Waals surface area (Å²) in [5.74, 6) is -2.82. The zero-order chi connectivity index (χ0) is 39.6. The number of nitrogens with zero attached hydrogens (tertiary/aromatic N) is 3. The van der Waals surface area contributed by atoms with Crippen molar-refractivity contribution in [1.29, 1.82) is 0 Å². The third-order valence-corrected chi connectivity index (χ3v) is 11.4. The number of thiazole rings is 1. The molecule has 294 valence electrons. The number of ether oxygens (including phenoxy) is 1. The Bertz CT molecular complexity index is 1550. The molecule has 2 heterocycles. The van der Waals surface area contributed by atoms with Crippen LogP contribution in [-0.2, 0) is 30.3 Å². The quantitative estimate of drug-likeness (QED) is 0.120. The molecule has 1 aliphatic rings. The molecule has 1 aromatic carbocycles. The number of rotatable bonds is 18. The number of aliphatic carboxylic acids is 1. The Kier molecular flexibility index (Phi) is 16.3. The molecule has 3 amide bonds. The van der Waals surface area contributed by atoms with Gasteiger partial charge in [0, 0.05) is 43.5 Å². The van der Waals surface area contributed by atoms with E-state index in [1.807, 2.05) is 46.9 Å². The Morgan fingerprint density at radius 1 is 1.09 bits per heavy atom. The number of hydrogen-bond acceptors (Lipinski definition) is 10. The highest BCUT2D eigenvalue weighted by Crippen LogP contribution is 2.31. The molecule has 0 aliphatic carbocycles. The van der Waals surface area contributed by atoms with Gasteiger partial charge in [-0.25, -0.2) is 4.98 Å². The van der Waals surface area contributed by atoms with E-state index in [4.69, 9.17) is 10.5 Å². The maximum atomic E-state index is 14.2. The Balaban J connectivity index is 1.82. The standard InChI is InChI=1S/C39H60N6O7S/c1-10-24(5)34(43-36(48)32-17-23(4)15-16-44(32)8)38(49)45(9)31(22(2)3)20-33(52-26(7)46)37-42-30(21-53-37)35(47)41-29(18-25(6)39(50)51)19-27-11-13-28(40)14-12-27/h11-14,21-25,29,31-34H,10,15-20,40H2,1-9H3,(H,41,47)(H,43,48)(H,50,51)/t23-,24+,25+,29-,31-,32-,33-,34+/m1/s1. The molecule has 0 saturated carbocycles. The number of aromatic nitrogens is 1. The number of nitrogen functional groups attached to an aromatic ring is 1. The highest BCUT2D eigenvalue weighted by molar-refractivity contribution is 7.09. The van der Waals surface area contributed by atoms with Crippen LogP contribution in [0.15, 0.2) is 29.6 Å². The number of anilines is 1. The van der Waals surface area contributed by atoms with E-state index in [-0.39, 0.29) is 48.2 Å². The van der Waals surface area contributed by atoms with Crippen molar-refractivity contribution >= 4 is 46.7 Å². The minimum Gasteiger partial charge on any atom is -0.481 e. The first-order valence-electron chi connectivity index (χ1n) is 18.7. The first kappa shape index (κ1) is 43.4. The van der Waals surface area contributed by atoms with E-state index in [1.54, 1.807) is 36.4 Å². The molecule has 0 radical (unpaired) electrons. The Morgan fingerprint density at radius 3 is 2.34 bits per heavy atom. The van der Waals surface area contributed by atoms with Crippen LogP contribution in [0.1, 0.15) is 108 Å². The normalized spacial score (nSPS) is 19.7. The van der Waals surface area contributed by atoms with Gasteiger partial charge in [-0.2, -0.15) is 0 Å². The van der Waals surface area contributed by atoms with Crippen molar-refractivity contribution in [2.45, 2.75) is 117 Å². The minimum atomic E-state index is -0.964. The van der Waals surface area contributed by atoms with Crippen LogP contribution in [0.2, 0.25) is 0 Å². The highest BCUT2D eigenvalue weighted by atomic mass is 32.1. The monoisotopic (exact) mass is 756 g/mol. The number of esters is 1. The van der Waals surface area contributed by atoms with Crippen LogP contribution in [0.4, 0.5) is 5.69 Å². The van der Waals surface area contributed by atoms with Gasteiger partial charge in [0.25, 0.3) is 5.91 Å². The van der Waals surface area contributed by atoms with Gasteiger partial charge in [0.15, 0.2) is 6.10 Å². The van der Waals surface area contributed by atoms with E-state index in [0.717, 1.165) is 24.9 Å². The van der Waals surface area contributed by atoms with Gasteiger partial charge >= 0.3 is 11.9 Å². The number of likely N-dealkylation sites (tertiary alicyclic amines) is 1. The number of carboxylic acid groups (broad SMARTS) is 1. The maximum absolute atomic E-state index is 14.2. The number of carbonyl (C=O) groups is 5. The molecule has 1 fully saturated rings. The number of hydrogen-bond donors (Lipinski definition) is 4. The smallest absolute Gasteiger partial charge is 0.306 e. The average molecular weight is 757 g/mol. The maximum Gasteiger partial charge on any atom is 0.306 e. The molecule has 1 aliphatic heterocycles. The zero-order valence-corrected chi connectivity index (χ0v) is 33.6. The summed E-state index contributed by atoms with van der Waals surface area (Å²) in [6.07, 6.45) is 2.40. The number of likely N-dealkylation sites (N-methyl/N-ethyl adjacent to an activating group) is 2. The lowest BCUT2D eigenvalue weighted by Gasteiger charge is -2.39. The molecular weight excluding hydrogens is 697 g/mol. The molecule has 8 atom stereocenters. The van der Waals surface area contributed by atoms with E-state index >= 15 is 0 Å². The van der Waals surface area contributed by atoms with Crippen molar-refractivity contribution < 1.29 is 33.8 Å². The van der Waals surface area contributed by atoms with Gasteiger partial charge in [-0.15, -0.1) is 11.3 Å². The van der Waals surface area contributed by atoms with Crippen molar-refractivity contribution in [1.82, 2.24) is 25.4 Å². The highest BCUT2D eigenvalue weighted by Gasteiger charge is 2.38. The summed E-state index contributed by atoms with van der Waals surface area (Å²) in [7, 11) is 3.66. The number of benzene rings is 1. The fourth-order valence-electron chi connectivity index (χ4n) is 6.84. The second-order valence-electron chi connectivity index (χ2n) is 15.3. The minimum absolute atomic E-state index is 0.0614. The molecule has 53 heavy (non-hydrogen) atoms. The fourth-order valence-corrected chi connectivity index (χ4v) is 7.68. The van der Waals surface area contributed by atoms with Gasteiger partial charge in [-0.05, 0) is 74.7 Å². The lowest BCUT2D eigenvalue weighted by molar-refractivity contribution is -0.149. The summed E-state index contributed by atoms with van der Waals surface area (Å²) in [5, 5.41) is 17.6. The first-order valence-corrected chi connectivity index (χ1v) is 19.6. The predicted molar refractivity (Wildman–Crippen MR) is 206 cm³/mol. The third-order valence-electron chi connectivity index (χ3n) is 10.5. The second-order valence-corrected chi connectivity index (χ2v) is 16.1. The van der Waals surface area contributed by atoms with E-state index in [1.165, 1.54) is 18.3 Å². The van der Waals surface area contributed by atoms with Gasteiger partial charge < -0.3 is 31.1 Å². The van der Waals surface area contributed by atoms with Crippen molar-refractivity contribution in [3.8, 4) is 0 Å². The van der Waals surface area contributed by atoms with Crippen LogP contribution in [-0.4, -0.2) is 94.4 Å². The van der Waals surface area contributed by atoms with Gasteiger partial charge in [-0.1, -0.05) is 60.1 Å². The predicted octanol–water partition coefficient (Wildman–Crippen LogP) is 4.92.